The monoisotopic (exact) mass is 343 g/mol. The molecule has 1 unspecified atom stereocenters. The van der Waals surface area contributed by atoms with E-state index in [2.05, 4.69) is 37.5 Å². The predicted octanol–water partition coefficient (Wildman–Crippen LogP) is 3.24. The van der Waals surface area contributed by atoms with Crippen LogP contribution in [0.2, 0.25) is 0 Å². The average Bonchev–Trinajstić information content (AvgIpc) is 3.00. The molecule has 2 fully saturated rings. The van der Waals surface area contributed by atoms with Crippen molar-refractivity contribution >= 4 is 28.5 Å². The van der Waals surface area contributed by atoms with Gasteiger partial charge in [-0.1, -0.05) is 12.8 Å². The molecule has 17 heavy (non-hydrogen) atoms. The van der Waals surface area contributed by atoms with Gasteiger partial charge >= 0.3 is 0 Å². The van der Waals surface area contributed by atoms with Gasteiger partial charge in [0.1, 0.15) is 0 Å². The van der Waals surface area contributed by atoms with Gasteiger partial charge in [0.05, 0.1) is 0 Å². The van der Waals surface area contributed by atoms with Gasteiger partial charge in [-0.3, -0.25) is 0 Å². The van der Waals surface area contributed by atoms with Crippen molar-refractivity contribution in [3.63, 3.8) is 0 Å². The molecule has 0 bridgehead atoms. The zero-order valence-corrected chi connectivity index (χ0v) is 12.1. The van der Waals surface area contributed by atoms with Crippen molar-refractivity contribution in [2.45, 2.75) is 44.6 Å². The topological polar surface area (TPSA) is 29.0 Å². The van der Waals surface area contributed by atoms with E-state index in [0.29, 0.717) is 6.04 Å². The van der Waals surface area contributed by atoms with Crippen LogP contribution in [0.15, 0.2) is 12.4 Å². The van der Waals surface area contributed by atoms with Crippen LogP contribution < -0.4 is 4.90 Å². The van der Waals surface area contributed by atoms with Gasteiger partial charge in [-0.25, -0.2) is 9.97 Å². The number of hydrogen-bond acceptors (Lipinski definition) is 3. The van der Waals surface area contributed by atoms with E-state index in [4.69, 9.17) is 0 Å². The molecule has 3 nitrogen and oxygen atoms in total. The van der Waals surface area contributed by atoms with Gasteiger partial charge in [-0.05, 0) is 54.2 Å². The van der Waals surface area contributed by atoms with E-state index < -0.39 is 0 Å². The number of rotatable bonds is 2. The van der Waals surface area contributed by atoms with E-state index in [1.165, 1.54) is 38.5 Å². The molecule has 92 valence electrons. The normalized spacial score (nSPS) is 25.7. The molecule has 1 saturated heterocycles. The Kier molecular flexibility index (Phi) is 3.49. The molecule has 0 aromatic carbocycles. The molecule has 2 aliphatic rings. The third-order valence-electron chi connectivity index (χ3n) is 4.11. The summed E-state index contributed by atoms with van der Waals surface area (Å²) < 4.78 is 1.11. The van der Waals surface area contributed by atoms with Crippen molar-refractivity contribution in [3.8, 4) is 0 Å². The molecule has 0 N–H and O–H groups in total. The second-order valence-electron chi connectivity index (χ2n) is 5.15. The first-order valence-electron chi connectivity index (χ1n) is 6.59. The van der Waals surface area contributed by atoms with Crippen LogP contribution in [-0.4, -0.2) is 22.6 Å². The molecule has 3 rings (SSSR count). The standard InChI is InChI=1S/C13H18IN3/c14-11-8-15-13(16-9-11)17-7-3-6-12(17)10-4-1-2-5-10/h8-10,12H,1-7H2. The number of aromatic nitrogens is 2. The van der Waals surface area contributed by atoms with Crippen LogP contribution in [0, 0.1) is 9.49 Å². The van der Waals surface area contributed by atoms with Crippen LogP contribution in [0.1, 0.15) is 38.5 Å². The molecule has 0 radical (unpaired) electrons. The minimum absolute atomic E-state index is 0.706. The van der Waals surface area contributed by atoms with E-state index >= 15 is 0 Å². The fourth-order valence-corrected chi connectivity index (χ4v) is 3.61. The maximum atomic E-state index is 4.49. The number of anilines is 1. The molecule has 0 amide bonds. The van der Waals surface area contributed by atoms with E-state index in [9.17, 15) is 0 Å². The van der Waals surface area contributed by atoms with Gasteiger partial charge in [0.25, 0.3) is 0 Å². The summed E-state index contributed by atoms with van der Waals surface area (Å²) >= 11 is 2.26. The summed E-state index contributed by atoms with van der Waals surface area (Å²) in [4.78, 5) is 11.4. The number of nitrogens with zero attached hydrogens (tertiary/aromatic N) is 3. The Morgan fingerprint density at radius 1 is 1.06 bits per heavy atom. The maximum Gasteiger partial charge on any atom is 0.225 e. The maximum absolute atomic E-state index is 4.49. The number of halogens is 1. The molecule has 1 atom stereocenters. The lowest BCUT2D eigenvalue weighted by atomic mass is 9.96. The quantitative estimate of drug-likeness (QED) is 0.772. The smallest absolute Gasteiger partial charge is 0.225 e. The minimum Gasteiger partial charge on any atom is -0.338 e. The molecule has 1 aliphatic heterocycles. The summed E-state index contributed by atoms with van der Waals surface area (Å²) in [5.74, 6) is 1.83. The molecular weight excluding hydrogens is 325 g/mol. The summed E-state index contributed by atoms with van der Waals surface area (Å²) in [5, 5.41) is 0. The second kappa shape index (κ2) is 5.08. The molecule has 4 heteroatoms. The van der Waals surface area contributed by atoms with Crippen LogP contribution >= 0.6 is 22.6 Å². The lowest BCUT2D eigenvalue weighted by Gasteiger charge is -2.29. The highest BCUT2D eigenvalue weighted by Gasteiger charge is 2.34. The summed E-state index contributed by atoms with van der Waals surface area (Å²) in [6.45, 7) is 1.14. The van der Waals surface area contributed by atoms with Crippen molar-refractivity contribution in [1.29, 1.82) is 0 Å². The fourth-order valence-electron chi connectivity index (χ4n) is 3.33. The average molecular weight is 343 g/mol. The van der Waals surface area contributed by atoms with E-state index in [-0.39, 0.29) is 0 Å². The highest BCUT2D eigenvalue weighted by atomic mass is 127. The van der Waals surface area contributed by atoms with E-state index in [0.717, 1.165) is 22.0 Å². The molecule has 2 heterocycles. The van der Waals surface area contributed by atoms with E-state index in [1.807, 2.05) is 12.4 Å². The van der Waals surface area contributed by atoms with Gasteiger partial charge in [0.15, 0.2) is 0 Å². The van der Waals surface area contributed by atoms with Gasteiger partial charge in [-0.2, -0.15) is 0 Å². The summed E-state index contributed by atoms with van der Waals surface area (Å²) in [7, 11) is 0. The van der Waals surface area contributed by atoms with Crippen molar-refractivity contribution < 1.29 is 0 Å². The van der Waals surface area contributed by atoms with Crippen LogP contribution in [0.5, 0.6) is 0 Å². The molecular formula is C13H18IN3. The van der Waals surface area contributed by atoms with Crippen LogP contribution in [0.3, 0.4) is 0 Å². The Bertz CT molecular complexity index is 373. The Morgan fingerprint density at radius 3 is 2.47 bits per heavy atom. The highest BCUT2D eigenvalue weighted by Crippen LogP contribution is 2.36. The van der Waals surface area contributed by atoms with Crippen LogP contribution in [-0.2, 0) is 0 Å². The van der Waals surface area contributed by atoms with Crippen LogP contribution in [0.25, 0.3) is 0 Å². The zero-order chi connectivity index (χ0) is 11.7. The third-order valence-corrected chi connectivity index (χ3v) is 4.66. The molecule has 0 spiro atoms. The largest absolute Gasteiger partial charge is 0.338 e. The summed E-state index contributed by atoms with van der Waals surface area (Å²) in [6, 6.07) is 0.706. The van der Waals surface area contributed by atoms with Crippen molar-refractivity contribution in [3.05, 3.63) is 16.0 Å². The van der Waals surface area contributed by atoms with Gasteiger partial charge < -0.3 is 4.90 Å². The Morgan fingerprint density at radius 2 is 1.76 bits per heavy atom. The summed E-state index contributed by atoms with van der Waals surface area (Å²) in [5.41, 5.74) is 0. The van der Waals surface area contributed by atoms with Gasteiger partial charge in [0.2, 0.25) is 5.95 Å². The first-order chi connectivity index (χ1) is 8.34. The molecule has 1 aliphatic carbocycles. The molecule has 1 saturated carbocycles. The lowest BCUT2D eigenvalue weighted by Crippen LogP contribution is -2.35. The van der Waals surface area contributed by atoms with Gasteiger partial charge in [0, 0.05) is 28.6 Å². The third kappa shape index (κ3) is 2.41. The fraction of sp³-hybridized carbons (Fsp3) is 0.692. The molecule has 1 aromatic rings. The number of hydrogen-bond donors (Lipinski definition) is 0. The Hall–Kier alpha value is -0.390. The highest BCUT2D eigenvalue weighted by molar-refractivity contribution is 14.1. The zero-order valence-electron chi connectivity index (χ0n) is 9.98. The van der Waals surface area contributed by atoms with E-state index in [1.54, 1.807) is 0 Å². The lowest BCUT2D eigenvalue weighted by molar-refractivity contribution is 0.427. The van der Waals surface area contributed by atoms with Crippen molar-refractivity contribution in [2.24, 2.45) is 5.92 Å². The first-order valence-corrected chi connectivity index (χ1v) is 7.66. The Balaban J connectivity index is 1.78. The molecule has 1 aromatic heterocycles. The van der Waals surface area contributed by atoms with Crippen molar-refractivity contribution in [1.82, 2.24) is 9.97 Å². The first kappa shape index (κ1) is 11.7. The summed E-state index contributed by atoms with van der Waals surface area (Å²) in [6.07, 6.45) is 12.1. The van der Waals surface area contributed by atoms with Crippen molar-refractivity contribution in [2.75, 3.05) is 11.4 Å². The van der Waals surface area contributed by atoms with Gasteiger partial charge in [-0.15, -0.1) is 0 Å². The van der Waals surface area contributed by atoms with Crippen LogP contribution in [0.4, 0.5) is 5.95 Å². The Labute approximate surface area is 116 Å². The second-order valence-corrected chi connectivity index (χ2v) is 6.39. The minimum atomic E-state index is 0.706. The SMILES string of the molecule is Ic1cnc(N2CCCC2C2CCCC2)nc1. The predicted molar refractivity (Wildman–Crippen MR) is 77.1 cm³/mol.